The molecule has 1 aromatic rings. The van der Waals surface area contributed by atoms with E-state index in [1.54, 1.807) is 25.7 Å². The van der Waals surface area contributed by atoms with Gasteiger partial charge in [0.15, 0.2) is 0 Å². The number of nitrogens with zero attached hydrogens (tertiary/aromatic N) is 4. The van der Waals surface area contributed by atoms with Crippen LogP contribution in [0.3, 0.4) is 0 Å². The lowest BCUT2D eigenvalue weighted by molar-refractivity contribution is -0.0736. The summed E-state index contributed by atoms with van der Waals surface area (Å²) in [5.74, 6) is 0.697. The van der Waals surface area contributed by atoms with E-state index in [1.165, 1.54) is 0 Å². The molecule has 1 unspecified atom stereocenters. The molecule has 0 aromatic carbocycles. The van der Waals surface area contributed by atoms with Crippen molar-refractivity contribution in [3.63, 3.8) is 0 Å². The highest BCUT2D eigenvalue weighted by Gasteiger charge is 2.50. The Hall–Kier alpha value is -2.36. The second kappa shape index (κ2) is 6.75. The van der Waals surface area contributed by atoms with Crippen LogP contribution in [0.15, 0.2) is 4.42 Å². The van der Waals surface area contributed by atoms with Gasteiger partial charge in [0.2, 0.25) is 11.8 Å². The molecule has 2 N–H and O–H groups in total. The number of urea groups is 1. The molecule has 144 valence electrons. The summed E-state index contributed by atoms with van der Waals surface area (Å²) in [6.45, 7) is 7.82. The number of carbonyl (C=O) groups excluding carboxylic acids is 2. The summed E-state index contributed by atoms with van der Waals surface area (Å²) in [5, 5.41) is 21.3. The van der Waals surface area contributed by atoms with E-state index >= 15 is 0 Å². The van der Waals surface area contributed by atoms with Crippen LogP contribution in [-0.2, 0) is 11.3 Å². The normalized spacial score (nSPS) is 25.6. The largest absolute Gasteiger partial charge is 0.444 e. The van der Waals surface area contributed by atoms with Gasteiger partial charge in [-0.15, -0.1) is 10.2 Å². The molecule has 2 fully saturated rings. The van der Waals surface area contributed by atoms with Gasteiger partial charge in [0, 0.05) is 6.54 Å². The van der Waals surface area contributed by atoms with Crippen LogP contribution in [0.4, 0.5) is 9.59 Å². The average molecular weight is 367 g/mol. The molecule has 3 atom stereocenters. The fourth-order valence-electron chi connectivity index (χ4n) is 3.42. The molecule has 0 aliphatic carbocycles. The van der Waals surface area contributed by atoms with E-state index in [4.69, 9.17) is 9.15 Å². The Morgan fingerprint density at radius 1 is 1.42 bits per heavy atom. The van der Waals surface area contributed by atoms with Crippen LogP contribution in [0.1, 0.15) is 58.4 Å². The summed E-state index contributed by atoms with van der Waals surface area (Å²) < 4.78 is 10.8. The maximum atomic E-state index is 12.2. The van der Waals surface area contributed by atoms with Crippen LogP contribution in [-0.4, -0.2) is 55.7 Å². The van der Waals surface area contributed by atoms with Gasteiger partial charge in [0.05, 0.1) is 12.6 Å². The highest BCUT2D eigenvalue weighted by atomic mass is 16.6. The summed E-state index contributed by atoms with van der Waals surface area (Å²) in [6, 6.07) is -1.01. The maximum Gasteiger partial charge on any atom is 0.408 e. The fourth-order valence-corrected chi connectivity index (χ4v) is 3.42. The highest BCUT2D eigenvalue weighted by molar-refractivity contribution is 5.76. The minimum Gasteiger partial charge on any atom is -0.444 e. The fraction of sp³-hybridized carbons (Fsp3) is 0.750. The number of aromatic nitrogens is 2. The van der Waals surface area contributed by atoms with Gasteiger partial charge < -0.3 is 19.4 Å². The first-order chi connectivity index (χ1) is 12.2. The molecule has 2 saturated heterocycles. The predicted molar refractivity (Wildman–Crippen MR) is 88.0 cm³/mol. The molecule has 0 saturated carbocycles. The van der Waals surface area contributed by atoms with Crippen LogP contribution >= 0.6 is 0 Å². The van der Waals surface area contributed by atoms with E-state index in [-0.39, 0.29) is 30.4 Å². The number of hydroxylamine groups is 2. The van der Waals surface area contributed by atoms with E-state index < -0.39 is 17.7 Å². The Morgan fingerprint density at radius 2 is 2.15 bits per heavy atom. The lowest BCUT2D eigenvalue weighted by atomic mass is 9.86. The molecule has 1 aromatic heterocycles. The molecule has 2 bridgehead atoms. The van der Waals surface area contributed by atoms with Gasteiger partial charge in [-0.1, -0.05) is 13.3 Å². The molecule has 3 rings (SSSR count). The van der Waals surface area contributed by atoms with Gasteiger partial charge >= 0.3 is 12.1 Å². The van der Waals surface area contributed by atoms with Crippen LogP contribution in [0.2, 0.25) is 0 Å². The number of carbonyl (C=O) groups is 2. The molecule has 2 aliphatic heterocycles. The van der Waals surface area contributed by atoms with Crippen LogP contribution < -0.4 is 5.32 Å². The van der Waals surface area contributed by atoms with Crippen LogP contribution in [0, 0.1) is 5.92 Å². The molecule has 26 heavy (non-hydrogen) atoms. The zero-order valence-electron chi connectivity index (χ0n) is 15.4. The van der Waals surface area contributed by atoms with Crippen LogP contribution in [0.25, 0.3) is 0 Å². The predicted octanol–water partition coefficient (Wildman–Crippen LogP) is 2.06. The summed E-state index contributed by atoms with van der Waals surface area (Å²) in [6.07, 6.45) is 0.903. The summed E-state index contributed by atoms with van der Waals surface area (Å²) >= 11 is 0. The number of ether oxygens (including phenoxy) is 1. The van der Waals surface area contributed by atoms with Gasteiger partial charge in [-0.3, -0.25) is 5.21 Å². The molecular formula is C16H25N5O5. The quantitative estimate of drug-likeness (QED) is 0.781. The van der Waals surface area contributed by atoms with Crippen molar-refractivity contribution in [2.75, 3.05) is 6.54 Å². The molecule has 10 heteroatoms. The number of rotatable bonds is 4. The molecule has 3 amide bonds. The van der Waals surface area contributed by atoms with E-state index in [0.29, 0.717) is 18.9 Å². The minimum absolute atomic E-state index is 0.0362. The average Bonchev–Trinajstić information content (AvgIpc) is 3.12. The third-order valence-electron chi connectivity index (χ3n) is 4.66. The van der Waals surface area contributed by atoms with Crippen molar-refractivity contribution in [2.24, 2.45) is 5.92 Å². The molecule has 2 aliphatic rings. The van der Waals surface area contributed by atoms with Crippen molar-refractivity contribution in [1.82, 2.24) is 25.5 Å². The number of piperidine rings is 1. The summed E-state index contributed by atoms with van der Waals surface area (Å²) in [4.78, 5) is 25.5. The number of hydrogen-bond acceptors (Lipinski definition) is 7. The first kappa shape index (κ1) is 18.4. The Labute approximate surface area is 151 Å². The van der Waals surface area contributed by atoms with Crippen molar-refractivity contribution < 1.29 is 24.0 Å². The second-order valence-corrected chi connectivity index (χ2v) is 7.66. The van der Waals surface area contributed by atoms with E-state index in [1.807, 2.05) is 6.92 Å². The Morgan fingerprint density at radius 3 is 2.81 bits per heavy atom. The van der Waals surface area contributed by atoms with E-state index in [2.05, 4.69) is 15.5 Å². The van der Waals surface area contributed by atoms with Crippen molar-refractivity contribution in [3.05, 3.63) is 11.8 Å². The lowest BCUT2D eigenvalue weighted by Crippen LogP contribution is -2.40. The lowest BCUT2D eigenvalue weighted by Gasteiger charge is -2.33. The van der Waals surface area contributed by atoms with Gasteiger partial charge in [0.1, 0.15) is 11.6 Å². The monoisotopic (exact) mass is 367 g/mol. The number of alkyl carbamates (subject to hydrolysis) is 1. The van der Waals surface area contributed by atoms with Crippen molar-refractivity contribution in [1.29, 1.82) is 0 Å². The SMILES string of the molecule is CCC1C[C@@H](c2nnc(CNC(=O)OC(C)(C)C)o2)N2C[C@H]1N(O)C2=O. The molecular weight excluding hydrogens is 342 g/mol. The number of amides is 3. The first-order valence-electron chi connectivity index (χ1n) is 8.77. The summed E-state index contributed by atoms with van der Waals surface area (Å²) in [7, 11) is 0. The van der Waals surface area contributed by atoms with Gasteiger partial charge in [-0.05, 0) is 33.1 Å². The number of hydrogen-bond donors (Lipinski definition) is 2. The maximum absolute atomic E-state index is 12.2. The van der Waals surface area contributed by atoms with E-state index in [0.717, 1.165) is 11.5 Å². The van der Waals surface area contributed by atoms with E-state index in [9.17, 15) is 14.8 Å². The van der Waals surface area contributed by atoms with Gasteiger partial charge in [-0.2, -0.15) is 0 Å². The van der Waals surface area contributed by atoms with Gasteiger partial charge in [-0.25, -0.2) is 14.7 Å². The highest BCUT2D eigenvalue weighted by Crippen LogP contribution is 2.41. The second-order valence-electron chi connectivity index (χ2n) is 7.66. The molecule has 3 heterocycles. The summed E-state index contributed by atoms with van der Waals surface area (Å²) in [5.41, 5.74) is -0.593. The van der Waals surface area contributed by atoms with Crippen LogP contribution in [0.5, 0.6) is 0 Å². The third kappa shape index (κ3) is 3.59. The van der Waals surface area contributed by atoms with Crippen molar-refractivity contribution in [3.8, 4) is 0 Å². The van der Waals surface area contributed by atoms with Crippen molar-refractivity contribution >= 4 is 12.1 Å². The standard InChI is InChI=1S/C16H25N5O5/c1-5-9-6-10(20-8-11(9)21(24)15(20)23)13-19-18-12(25-13)7-17-14(22)26-16(2,3)4/h9-11,24H,5-8H2,1-4H3,(H,17,22)/t9?,10-,11+/m0/s1. The van der Waals surface area contributed by atoms with Crippen molar-refractivity contribution in [2.45, 2.75) is 64.8 Å². The molecule has 0 spiro atoms. The minimum atomic E-state index is -0.593. The topological polar surface area (TPSA) is 121 Å². The number of fused-ring (bicyclic) bond motifs is 2. The Kier molecular flexibility index (Phi) is 4.78. The number of nitrogens with one attached hydrogen (secondary N) is 1. The molecule has 10 nitrogen and oxygen atoms in total. The third-order valence-corrected chi connectivity index (χ3v) is 4.66. The zero-order chi connectivity index (χ0) is 19.1. The Bertz CT molecular complexity index is 685. The Balaban J connectivity index is 1.66. The molecule has 0 radical (unpaired) electrons. The smallest absolute Gasteiger partial charge is 0.408 e. The van der Waals surface area contributed by atoms with Gasteiger partial charge in [0.25, 0.3) is 0 Å². The zero-order valence-corrected chi connectivity index (χ0v) is 15.4. The first-order valence-corrected chi connectivity index (χ1v) is 8.77.